The van der Waals surface area contributed by atoms with E-state index >= 15 is 0 Å². The Balaban J connectivity index is 1.96. The van der Waals surface area contributed by atoms with Crippen LogP contribution in [0.4, 0.5) is 0 Å². The predicted molar refractivity (Wildman–Crippen MR) is 126 cm³/mol. The molecule has 32 heavy (non-hydrogen) atoms. The highest BCUT2D eigenvalue weighted by atomic mass is 31.2. The molecular formula is C25H32NO5P. The molecule has 172 valence electrons. The van der Waals surface area contributed by atoms with Gasteiger partial charge in [-0.15, -0.1) is 6.58 Å². The molecule has 0 amide bonds. The molecule has 1 fully saturated rings. The van der Waals surface area contributed by atoms with Crippen LogP contribution in [0, 0.1) is 0 Å². The molecule has 3 rings (SSSR count). The van der Waals surface area contributed by atoms with Gasteiger partial charge in [-0.2, -0.15) is 0 Å². The second-order valence-corrected chi connectivity index (χ2v) is 11.1. The third-order valence-electron chi connectivity index (χ3n) is 5.74. The van der Waals surface area contributed by atoms with Crippen LogP contribution in [0.3, 0.4) is 0 Å². The first-order valence-electron chi connectivity index (χ1n) is 10.8. The normalized spacial score (nSPS) is 23.9. The minimum Gasteiger partial charge on any atom is -0.491 e. The van der Waals surface area contributed by atoms with E-state index in [1.165, 1.54) is 6.08 Å². The van der Waals surface area contributed by atoms with Gasteiger partial charge in [-0.25, -0.2) is 0 Å². The van der Waals surface area contributed by atoms with Gasteiger partial charge >= 0.3 is 5.97 Å². The molecule has 2 N–H and O–H groups in total. The minimum absolute atomic E-state index is 0.0109. The van der Waals surface area contributed by atoms with Gasteiger partial charge in [0.25, 0.3) is 0 Å². The van der Waals surface area contributed by atoms with Crippen LogP contribution >= 0.6 is 7.37 Å². The number of rotatable bonds is 11. The van der Waals surface area contributed by atoms with E-state index in [4.69, 9.17) is 19.7 Å². The average Bonchev–Trinajstić information content (AvgIpc) is 3.42. The summed E-state index contributed by atoms with van der Waals surface area (Å²) in [6.45, 7) is 9.62. The predicted octanol–water partition coefficient (Wildman–Crippen LogP) is 5.06. The van der Waals surface area contributed by atoms with Gasteiger partial charge in [0.2, 0.25) is 7.37 Å². The molecule has 1 saturated carbocycles. The molecule has 1 aliphatic carbocycles. The van der Waals surface area contributed by atoms with Crippen molar-refractivity contribution < 1.29 is 23.4 Å². The topological polar surface area (TPSA) is 87.9 Å². The van der Waals surface area contributed by atoms with Gasteiger partial charge < -0.3 is 19.7 Å². The lowest BCUT2D eigenvalue weighted by Gasteiger charge is -2.29. The Kier molecular flexibility index (Phi) is 7.29. The summed E-state index contributed by atoms with van der Waals surface area (Å²) in [4.78, 5) is 13.4. The van der Waals surface area contributed by atoms with Gasteiger partial charge in [0.15, 0.2) is 5.16 Å². The van der Waals surface area contributed by atoms with E-state index < -0.39 is 24.0 Å². The van der Waals surface area contributed by atoms with Crippen LogP contribution in [0.1, 0.15) is 38.3 Å². The Morgan fingerprint density at radius 1 is 1.19 bits per heavy atom. The Hall–Kier alpha value is -2.40. The van der Waals surface area contributed by atoms with E-state index in [0.29, 0.717) is 11.3 Å². The molecule has 7 heteroatoms. The molecule has 3 atom stereocenters. The zero-order valence-electron chi connectivity index (χ0n) is 19.0. The third-order valence-corrected chi connectivity index (χ3v) is 9.09. The molecule has 0 heterocycles. The highest BCUT2D eigenvalue weighted by Crippen LogP contribution is 2.76. The highest BCUT2D eigenvalue weighted by Gasteiger charge is 2.79. The quantitative estimate of drug-likeness (QED) is 0.288. The summed E-state index contributed by atoms with van der Waals surface area (Å²) in [5.41, 5.74) is 6.85. The van der Waals surface area contributed by atoms with Crippen LogP contribution in [0.5, 0.6) is 5.75 Å². The number of esters is 1. The maximum Gasteiger partial charge on any atom is 0.324 e. The third kappa shape index (κ3) is 4.54. The Labute approximate surface area is 190 Å². The lowest BCUT2D eigenvalue weighted by Crippen LogP contribution is -2.41. The second-order valence-electron chi connectivity index (χ2n) is 8.37. The number of benzene rings is 2. The summed E-state index contributed by atoms with van der Waals surface area (Å²) in [6.07, 6.45) is 1.59. The number of hydrogen-bond donors (Lipinski definition) is 1. The molecule has 6 nitrogen and oxygen atoms in total. The van der Waals surface area contributed by atoms with Crippen molar-refractivity contribution in [3.63, 3.8) is 0 Å². The first-order valence-corrected chi connectivity index (χ1v) is 12.6. The maximum absolute atomic E-state index is 14.4. The van der Waals surface area contributed by atoms with Crippen LogP contribution in [0.2, 0.25) is 0 Å². The standard InChI is InChI=1S/C25H32NO5P/c1-5-24(26)18-25(24,23(27)29-16-20-12-8-7-9-13-20)32(28,30-6-2)17-21-14-10-11-15-22(21)31-19(3)4/h5,7-15,19H,1,6,16-18,26H2,2-4H3. The number of carbonyl (C=O) groups is 1. The van der Waals surface area contributed by atoms with Gasteiger partial charge in [0, 0.05) is 5.56 Å². The van der Waals surface area contributed by atoms with Gasteiger partial charge in [-0.05, 0) is 38.8 Å². The van der Waals surface area contributed by atoms with Crippen molar-refractivity contribution in [1.29, 1.82) is 0 Å². The lowest BCUT2D eigenvalue weighted by molar-refractivity contribution is -0.146. The smallest absolute Gasteiger partial charge is 0.324 e. The molecular weight excluding hydrogens is 425 g/mol. The fourth-order valence-corrected chi connectivity index (χ4v) is 7.31. The van der Waals surface area contributed by atoms with Crippen molar-refractivity contribution in [2.24, 2.45) is 5.73 Å². The van der Waals surface area contributed by atoms with E-state index in [9.17, 15) is 9.36 Å². The van der Waals surface area contributed by atoms with Gasteiger partial charge in [-0.1, -0.05) is 54.6 Å². The largest absolute Gasteiger partial charge is 0.491 e. The fourth-order valence-electron chi connectivity index (χ4n) is 4.03. The molecule has 0 bridgehead atoms. The molecule has 3 unspecified atom stereocenters. The second kappa shape index (κ2) is 9.62. The number of carbonyl (C=O) groups excluding carboxylic acids is 1. The van der Waals surface area contributed by atoms with Crippen LogP contribution in [-0.4, -0.2) is 29.4 Å². The lowest BCUT2D eigenvalue weighted by atomic mass is 10.2. The van der Waals surface area contributed by atoms with Crippen molar-refractivity contribution in [3.05, 3.63) is 78.4 Å². The molecule has 0 saturated heterocycles. The highest BCUT2D eigenvalue weighted by molar-refractivity contribution is 7.61. The molecule has 0 radical (unpaired) electrons. The summed E-state index contributed by atoms with van der Waals surface area (Å²) < 4.78 is 31.8. The van der Waals surface area contributed by atoms with E-state index in [1.807, 2.05) is 68.4 Å². The van der Waals surface area contributed by atoms with Crippen LogP contribution in [0.25, 0.3) is 0 Å². The van der Waals surface area contributed by atoms with Crippen molar-refractivity contribution in [1.82, 2.24) is 0 Å². The molecule has 0 spiro atoms. The van der Waals surface area contributed by atoms with Gasteiger partial charge in [0.1, 0.15) is 12.4 Å². The summed E-state index contributed by atoms with van der Waals surface area (Å²) in [5.74, 6) is -0.0140. The SMILES string of the molecule is C=CC1(N)CC1(C(=O)OCc1ccccc1)P(=O)(Cc1ccccc1OC(C)C)OCC. The molecule has 2 aromatic rings. The minimum atomic E-state index is -3.67. The van der Waals surface area contributed by atoms with Crippen molar-refractivity contribution in [2.75, 3.05) is 6.61 Å². The van der Waals surface area contributed by atoms with E-state index in [-0.39, 0.29) is 31.9 Å². The average molecular weight is 458 g/mol. The van der Waals surface area contributed by atoms with Crippen molar-refractivity contribution in [2.45, 2.75) is 56.8 Å². The summed E-state index contributed by atoms with van der Waals surface area (Å²) >= 11 is 0. The number of nitrogens with two attached hydrogens (primary N) is 1. The van der Waals surface area contributed by atoms with E-state index in [2.05, 4.69) is 6.58 Å². The Morgan fingerprint density at radius 2 is 1.84 bits per heavy atom. The van der Waals surface area contributed by atoms with Gasteiger partial charge in [0.05, 0.1) is 24.4 Å². The first kappa shape index (κ1) is 24.2. The zero-order valence-corrected chi connectivity index (χ0v) is 19.8. The monoisotopic (exact) mass is 457 g/mol. The summed E-state index contributed by atoms with van der Waals surface area (Å²) in [7, 11) is -3.67. The molecule has 1 aliphatic rings. The van der Waals surface area contributed by atoms with Crippen LogP contribution < -0.4 is 10.5 Å². The Morgan fingerprint density at radius 3 is 2.44 bits per heavy atom. The van der Waals surface area contributed by atoms with Crippen LogP contribution in [0.15, 0.2) is 67.3 Å². The van der Waals surface area contributed by atoms with Crippen molar-refractivity contribution in [3.8, 4) is 5.75 Å². The van der Waals surface area contributed by atoms with Crippen molar-refractivity contribution >= 4 is 13.3 Å². The van der Waals surface area contributed by atoms with Gasteiger partial charge in [-0.3, -0.25) is 9.36 Å². The number of para-hydroxylation sites is 1. The molecule has 2 aromatic carbocycles. The van der Waals surface area contributed by atoms with Crippen LogP contribution in [-0.2, 0) is 31.4 Å². The summed E-state index contributed by atoms with van der Waals surface area (Å²) in [6, 6.07) is 16.7. The first-order chi connectivity index (χ1) is 15.2. The number of hydrogen-bond acceptors (Lipinski definition) is 6. The van der Waals surface area contributed by atoms with E-state index in [0.717, 1.165) is 5.56 Å². The summed E-state index contributed by atoms with van der Waals surface area (Å²) in [5, 5.41) is -1.49. The Bertz CT molecular complexity index is 1010. The molecule has 0 aromatic heterocycles. The fraction of sp³-hybridized carbons (Fsp3) is 0.400. The molecule has 0 aliphatic heterocycles. The zero-order chi connectivity index (χ0) is 23.4. The number of ether oxygens (including phenoxy) is 2. The maximum atomic E-state index is 14.4. The van der Waals surface area contributed by atoms with E-state index in [1.54, 1.807) is 6.92 Å².